The highest BCUT2D eigenvalue weighted by molar-refractivity contribution is 5.15. The highest BCUT2D eigenvalue weighted by atomic mass is 16.5. The standard InChI is InChI=1S/C12H19NO/c1-10(2)11-3-6-13(9-11)12-4-7-14-8-5-12/h3,6,9-10,12H,4-5,7-8H2,1-2H3. The third-order valence-corrected chi connectivity index (χ3v) is 3.02. The summed E-state index contributed by atoms with van der Waals surface area (Å²) in [5, 5.41) is 0. The molecule has 0 spiro atoms. The maximum Gasteiger partial charge on any atom is 0.0485 e. The van der Waals surface area contributed by atoms with Crippen LogP contribution >= 0.6 is 0 Å². The number of rotatable bonds is 2. The molecule has 0 atom stereocenters. The van der Waals surface area contributed by atoms with Gasteiger partial charge in [0.15, 0.2) is 0 Å². The van der Waals surface area contributed by atoms with Crippen molar-refractivity contribution in [2.24, 2.45) is 0 Å². The molecule has 0 radical (unpaired) electrons. The molecule has 78 valence electrons. The van der Waals surface area contributed by atoms with E-state index in [2.05, 4.69) is 36.9 Å². The van der Waals surface area contributed by atoms with Gasteiger partial charge in [0, 0.05) is 31.6 Å². The molecule has 2 heterocycles. The second-order valence-corrected chi connectivity index (χ2v) is 4.39. The monoisotopic (exact) mass is 193 g/mol. The molecule has 2 nitrogen and oxygen atoms in total. The average Bonchev–Trinajstić information content (AvgIpc) is 2.68. The predicted molar refractivity (Wildman–Crippen MR) is 57.6 cm³/mol. The molecular formula is C12H19NO. The average molecular weight is 193 g/mol. The molecule has 0 aliphatic carbocycles. The van der Waals surface area contributed by atoms with E-state index in [1.807, 2.05) is 0 Å². The van der Waals surface area contributed by atoms with Gasteiger partial charge in [-0.2, -0.15) is 0 Å². The van der Waals surface area contributed by atoms with Crippen molar-refractivity contribution in [3.63, 3.8) is 0 Å². The molecule has 1 aromatic heterocycles. The second-order valence-electron chi connectivity index (χ2n) is 4.39. The summed E-state index contributed by atoms with van der Waals surface area (Å²) in [4.78, 5) is 0. The lowest BCUT2D eigenvalue weighted by atomic mass is 10.1. The Bertz CT molecular complexity index is 284. The van der Waals surface area contributed by atoms with E-state index in [1.54, 1.807) is 0 Å². The fraction of sp³-hybridized carbons (Fsp3) is 0.667. The quantitative estimate of drug-likeness (QED) is 0.704. The van der Waals surface area contributed by atoms with E-state index in [4.69, 9.17) is 4.74 Å². The van der Waals surface area contributed by atoms with Gasteiger partial charge in [0.25, 0.3) is 0 Å². The summed E-state index contributed by atoms with van der Waals surface area (Å²) < 4.78 is 7.72. The van der Waals surface area contributed by atoms with Crippen molar-refractivity contribution in [1.82, 2.24) is 4.57 Å². The molecule has 0 aromatic carbocycles. The number of hydrogen-bond acceptors (Lipinski definition) is 1. The molecule has 1 aromatic rings. The third kappa shape index (κ3) is 2.01. The van der Waals surface area contributed by atoms with Gasteiger partial charge in [-0.25, -0.2) is 0 Å². The zero-order valence-corrected chi connectivity index (χ0v) is 9.07. The highest BCUT2D eigenvalue weighted by Crippen LogP contribution is 2.23. The summed E-state index contributed by atoms with van der Waals surface area (Å²) in [7, 11) is 0. The third-order valence-electron chi connectivity index (χ3n) is 3.02. The minimum atomic E-state index is 0.635. The van der Waals surface area contributed by atoms with E-state index in [1.165, 1.54) is 5.56 Å². The summed E-state index contributed by atoms with van der Waals surface area (Å²) in [5.74, 6) is 0.635. The molecular weight excluding hydrogens is 174 g/mol. The van der Waals surface area contributed by atoms with Crippen molar-refractivity contribution in [2.75, 3.05) is 13.2 Å². The van der Waals surface area contributed by atoms with Crippen molar-refractivity contribution in [2.45, 2.75) is 38.6 Å². The van der Waals surface area contributed by atoms with Crippen LogP contribution in [0, 0.1) is 0 Å². The lowest BCUT2D eigenvalue weighted by Gasteiger charge is -2.23. The molecule has 0 unspecified atom stereocenters. The maximum absolute atomic E-state index is 5.36. The van der Waals surface area contributed by atoms with Gasteiger partial charge in [-0.3, -0.25) is 0 Å². The van der Waals surface area contributed by atoms with Crippen molar-refractivity contribution in [3.8, 4) is 0 Å². The van der Waals surface area contributed by atoms with Crippen molar-refractivity contribution in [1.29, 1.82) is 0 Å². The largest absolute Gasteiger partial charge is 0.381 e. The summed E-state index contributed by atoms with van der Waals surface area (Å²) in [6.45, 7) is 6.31. The normalized spacial score (nSPS) is 19.1. The molecule has 2 heteroatoms. The lowest BCUT2D eigenvalue weighted by Crippen LogP contribution is -2.18. The zero-order chi connectivity index (χ0) is 9.97. The first kappa shape index (κ1) is 9.78. The topological polar surface area (TPSA) is 14.2 Å². The summed E-state index contributed by atoms with van der Waals surface area (Å²) >= 11 is 0. The van der Waals surface area contributed by atoms with Gasteiger partial charge in [0.1, 0.15) is 0 Å². The molecule has 1 aliphatic rings. The van der Waals surface area contributed by atoms with Gasteiger partial charge in [-0.05, 0) is 30.4 Å². The fourth-order valence-corrected chi connectivity index (χ4v) is 1.98. The lowest BCUT2D eigenvalue weighted by molar-refractivity contribution is 0.0696. The zero-order valence-electron chi connectivity index (χ0n) is 9.07. The van der Waals surface area contributed by atoms with Crippen LogP contribution < -0.4 is 0 Å². The molecule has 14 heavy (non-hydrogen) atoms. The Hall–Kier alpha value is -0.760. The molecule has 1 fully saturated rings. The van der Waals surface area contributed by atoms with Crippen LogP contribution in [0.1, 0.15) is 44.2 Å². The molecule has 0 bridgehead atoms. The van der Waals surface area contributed by atoms with E-state index in [9.17, 15) is 0 Å². The molecule has 0 N–H and O–H groups in total. The van der Waals surface area contributed by atoms with Gasteiger partial charge in [-0.15, -0.1) is 0 Å². The summed E-state index contributed by atoms with van der Waals surface area (Å²) in [5.41, 5.74) is 1.44. The minimum absolute atomic E-state index is 0.635. The van der Waals surface area contributed by atoms with Crippen molar-refractivity contribution in [3.05, 3.63) is 24.0 Å². The number of aromatic nitrogens is 1. The molecule has 0 saturated carbocycles. The van der Waals surface area contributed by atoms with Gasteiger partial charge < -0.3 is 9.30 Å². The molecule has 1 saturated heterocycles. The van der Waals surface area contributed by atoms with E-state index in [0.29, 0.717) is 12.0 Å². The SMILES string of the molecule is CC(C)c1ccn(C2CCOCC2)c1. The van der Waals surface area contributed by atoms with E-state index >= 15 is 0 Å². The molecule has 2 rings (SSSR count). The van der Waals surface area contributed by atoms with Gasteiger partial charge in [0.2, 0.25) is 0 Å². The number of ether oxygens (including phenoxy) is 1. The van der Waals surface area contributed by atoms with Crippen molar-refractivity contribution >= 4 is 0 Å². The van der Waals surface area contributed by atoms with Crippen LogP contribution in [-0.2, 0) is 4.74 Å². The van der Waals surface area contributed by atoms with Crippen LogP contribution in [0.25, 0.3) is 0 Å². The fourth-order valence-electron chi connectivity index (χ4n) is 1.98. The minimum Gasteiger partial charge on any atom is -0.381 e. The highest BCUT2D eigenvalue weighted by Gasteiger charge is 2.15. The maximum atomic E-state index is 5.36. The van der Waals surface area contributed by atoms with Crippen LogP contribution in [0.4, 0.5) is 0 Å². The van der Waals surface area contributed by atoms with Crippen LogP contribution in [0.15, 0.2) is 18.5 Å². The van der Waals surface area contributed by atoms with Gasteiger partial charge in [0.05, 0.1) is 0 Å². The van der Waals surface area contributed by atoms with Crippen LogP contribution in [0.2, 0.25) is 0 Å². The van der Waals surface area contributed by atoms with Crippen LogP contribution in [0.5, 0.6) is 0 Å². The summed E-state index contributed by atoms with van der Waals surface area (Å²) in [6.07, 6.45) is 6.82. The van der Waals surface area contributed by atoms with E-state index in [0.717, 1.165) is 26.1 Å². The van der Waals surface area contributed by atoms with Gasteiger partial charge >= 0.3 is 0 Å². The molecule has 1 aliphatic heterocycles. The Kier molecular flexibility index (Phi) is 2.92. The van der Waals surface area contributed by atoms with Crippen LogP contribution in [0.3, 0.4) is 0 Å². The Morgan fingerprint density at radius 3 is 2.64 bits per heavy atom. The van der Waals surface area contributed by atoms with Crippen LogP contribution in [-0.4, -0.2) is 17.8 Å². The first-order chi connectivity index (χ1) is 6.77. The predicted octanol–water partition coefficient (Wildman–Crippen LogP) is 2.96. The molecule has 0 amide bonds. The first-order valence-corrected chi connectivity index (χ1v) is 5.52. The van der Waals surface area contributed by atoms with Crippen molar-refractivity contribution < 1.29 is 4.74 Å². The summed E-state index contributed by atoms with van der Waals surface area (Å²) in [6, 6.07) is 2.90. The first-order valence-electron chi connectivity index (χ1n) is 5.52. The smallest absolute Gasteiger partial charge is 0.0485 e. The Labute approximate surface area is 85.9 Å². The Morgan fingerprint density at radius 1 is 1.36 bits per heavy atom. The van der Waals surface area contributed by atoms with E-state index in [-0.39, 0.29) is 0 Å². The number of hydrogen-bond donors (Lipinski definition) is 0. The number of nitrogens with zero attached hydrogens (tertiary/aromatic N) is 1. The Balaban J connectivity index is 2.07. The van der Waals surface area contributed by atoms with E-state index < -0.39 is 0 Å². The Morgan fingerprint density at radius 2 is 2.07 bits per heavy atom. The second kappa shape index (κ2) is 4.18. The van der Waals surface area contributed by atoms with Gasteiger partial charge in [-0.1, -0.05) is 13.8 Å².